The molecule has 194 valence electrons. The molecule has 0 aromatic heterocycles. The zero-order chi connectivity index (χ0) is 25.6. The van der Waals surface area contributed by atoms with Gasteiger partial charge in [0.05, 0.1) is 6.61 Å². The Kier molecular flexibility index (Phi) is 9.16. The highest BCUT2D eigenvalue weighted by molar-refractivity contribution is 5.99. The van der Waals surface area contributed by atoms with Crippen molar-refractivity contribution < 1.29 is 23.9 Å². The molecule has 1 atom stereocenters. The standard InChI is InChI=1S/C27H41N3O5/c1-19(2)23(28-26(33)35-27(3,4)5)25(32)30-16-14-29(15-17-30)13-6-18-34-22-11-9-21(10-12-22)24(31)20-7-8-20/h9-12,19-20,23H,6-8,13-18H2,1-5H3,(H,28,33)/t23-/m0/s1. The molecule has 1 aliphatic carbocycles. The zero-order valence-corrected chi connectivity index (χ0v) is 21.8. The number of nitrogens with zero attached hydrogens (tertiary/aromatic N) is 2. The van der Waals surface area contributed by atoms with Crippen LogP contribution in [-0.2, 0) is 9.53 Å². The molecular weight excluding hydrogens is 446 g/mol. The smallest absolute Gasteiger partial charge is 0.408 e. The normalized spacial score (nSPS) is 17.7. The fourth-order valence-corrected chi connectivity index (χ4v) is 4.11. The fourth-order valence-electron chi connectivity index (χ4n) is 4.11. The molecule has 1 aromatic rings. The van der Waals surface area contributed by atoms with Gasteiger partial charge in [-0.25, -0.2) is 4.79 Å². The Balaban J connectivity index is 1.36. The molecule has 35 heavy (non-hydrogen) atoms. The Bertz CT molecular complexity index is 866. The average molecular weight is 488 g/mol. The molecule has 0 radical (unpaired) electrons. The first-order valence-corrected chi connectivity index (χ1v) is 12.8. The van der Waals surface area contributed by atoms with E-state index in [0.29, 0.717) is 19.7 Å². The van der Waals surface area contributed by atoms with Gasteiger partial charge >= 0.3 is 6.09 Å². The number of amides is 2. The lowest BCUT2D eigenvalue weighted by Crippen LogP contribution is -2.56. The number of nitrogens with one attached hydrogen (secondary N) is 1. The maximum atomic E-state index is 13.1. The van der Waals surface area contributed by atoms with Crippen LogP contribution >= 0.6 is 0 Å². The third kappa shape index (κ3) is 8.53. The Morgan fingerprint density at radius 3 is 2.20 bits per heavy atom. The van der Waals surface area contributed by atoms with Gasteiger partial charge in [-0.15, -0.1) is 0 Å². The molecule has 1 saturated heterocycles. The maximum absolute atomic E-state index is 13.1. The van der Waals surface area contributed by atoms with E-state index in [4.69, 9.17) is 9.47 Å². The molecular formula is C27H41N3O5. The van der Waals surface area contributed by atoms with Gasteiger partial charge in [-0.05, 0) is 70.2 Å². The van der Waals surface area contributed by atoms with Crippen molar-refractivity contribution in [2.45, 2.75) is 65.5 Å². The van der Waals surface area contributed by atoms with Gasteiger partial charge in [0.1, 0.15) is 17.4 Å². The van der Waals surface area contributed by atoms with Crippen LogP contribution in [0.5, 0.6) is 5.75 Å². The van der Waals surface area contributed by atoms with Crippen LogP contribution in [0.1, 0.15) is 64.2 Å². The van der Waals surface area contributed by atoms with Gasteiger partial charge in [-0.2, -0.15) is 0 Å². The number of carbonyl (C=O) groups is 3. The summed E-state index contributed by atoms with van der Waals surface area (Å²) in [5, 5.41) is 2.76. The number of hydrogen-bond donors (Lipinski definition) is 1. The van der Waals surface area contributed by atoms with Gasteiger partial charge in [-0.3, -0.25) is 14.5 Å². The molecule has 3 rings (SSSR count). The number of carbonyl (C=O) groups excluding carboxylic acids is 3. The summed E-state index contributed by atoms with van der Waals surface area (Å²) in [6.07, 6.45) is 2.35. The summed E-state index contributed by atoms with van der Waals surface area (Å²) < 4.78 is 11.2. The average Bonchev–Trinajstić information content (AvgIpc) is 3.64. The minimum Gasteiger partial charge on any atom is -0.494 e. The molecule has 0 spiro atoms. The summed E-state index contributed by atoms with van der Waals surface area (Å²) in [6, 6.07) is 6.85. The lowest BCUT2D eigenvalue weighted by atomic mass is 10.0. The Hall–Kier alpha value is -2.61. The maximum Gasteiger partial charge on any atom is 0.408 e. The van der Waals surface area contributed by atoms with Crippen LogP contribution < -0.4 is 10.1 Å². The number of hydrogen-bond acceptors (Lipinski definition) is 6. The topological polar surface area (TPSA) is 88.2 Å². The number of rotatable bonds is 10. The zero-order valence-electron chi connectivity index (χ0n) is 21.8. The van der Waals surface area contributed by atoms with Crippen LogP contribution in [-0.4, -0.2) is 78.6 Å². The number of Topliss-reactive ketones (excluding diaryl/α,β-unsaturated/α-hetero) is 1. The predicted molar refractivity (Wildman–Crippen MR) is 135 cm³/mol. The molecule has 8 heteroatoms. The second kappa shape index (κ2) is 11.9. The summed E-state index contributed by atoms with van der Waals surface area (Å²) in [5.41, 5.74) is 0.163. The van der Waals surface area contributed by atoms with E-state index in [1.54, 1.807) is 20.8 Å². The Labute approximate surface area is 209 Å². The lowest BCUT2D eigenvalue weighted by molar-refractivity contribution is -0.136. The van der Waals surface area contributed by atoms with E-state index in [1.165, 1.54) is 0 Å². The first-order valence-electron chi connectivity index (χ1n) is 12.8. The monoisotopic (exact) mass is 487 g/mol. The number of ketones is 1. The second-order valence-corrected chi connectivity index (χ2v) is 10.9. The van der Waals surface area contributed by atoms with E-state index in [-0.39, 0.29) is 23.5 Å². The predicted octanol–water partition coefficient (Wildman–Crippen LogP) is 3.74. The third-order valence-corrected chi connectivity index (χ3v) is 6.26. The van der Waals surface area contributed by atoms with Crippen molar-refractivity contribution >= 4 is 17.8 Å². The quantitative estimate of drug-likeness (QED) is 0.400. The molecule has 0 unspecified atom stereocenters. The van der Waals surface area contributed by atoms with Crippen LogP contribution in [0, 0.1) is 11.8 Å². The summed E-state index contributed by atoms with van der Waals surface area (Å²) in [5.74, 6) is 1.16. The number of benzene rings is 1. The van der Waals surface area contributed by atoms with Crippen LogP contribution in [0.15, 0.2) is 24.3 Å². The van der Waals surface area contributed by atoms with Crippen molar-refractivity contribution in [3.05, 3.63) is 29.8 Å². The first-order chi connectivity index (χ1) is 16.5. The summed E-state index contributed by atoms with van der Waals surface area (Å²) in [7, 11) is 0. The van der Waals surface area contributed by atoms with E-state index >= 15 is 0 Å². The van der Waals surface area contributed by atoms with Gasteiger partial charge in [0, 0.05) is 44.2 Å². The van der Waals surface area contributed by atoms with E-state index in [2.05, 4.69) is 10.2 Å². The molecule has 2 aliphatic rings. The van der Waals surface area contributed by atoms with E-state index in [0.717, 1.165) is 50.2 Å². The highest BCUT2D eigenvalue weighted by Crippen LogP contribution is 2.32. The highest BCUT2D eigenvalue weighted by atomic mass is 16.6. The van der Waals surface area contributed by atoms with E-state index in [9.17, 15) is 14.4 Å². The fraction of sp³-hybridized carbons (Fsp3) is 0.667. The van der Waals surface area contributed by atoms with E-state index in [1.807, 2.05) is 43.0 Å². The van der Waals surface area contributed by atoms with Crippen molar-refractivity contribution in [3.63, 3.8) is 0 Å². The minimum absolute atomic E-state index is 0.0360. The number of piperazine rings is 1. The van der Waals surface area contributed by atoms with Crippen LogP contribution in [0.3, 0.4) is 0 Å². The molecule has 1 saturated carbocycles. The van der Waals surface area contributed by atoms with Crippen LogP contribution in [0.4, 0.5) is 4.79 Å². The van der Waals surface area contributed by atoms with Crippen molar-refractivity contribution in [1.82, 2.24) is 15.1 Å². The SMILES string of the molecule is CC(C)[C@H](NC(=O)OC(C)(C)C)C(=O)N1CCN(CCCOc2ccc(C(=O)C3CC3)cc2)CC1. The number of alkyl carbamates (subject to hydrolysis) is 1. The van der Waals surface area contributed by atoms with Crippen molar-refractivity contribution in [1.29, 1.82) is 0 Å². The van der Waals surface area contributed by atoms with Gasteiger partial charge in [0.2, 0.25) is 5.91 Å². The lowest BCUT2D eigenvalue weighted by Gasteiger charge is -2.37. The third-order valence-electron chi connectivity index (χ3n) is 6.26. The molecule has 2 fully saturated rings. The minimum atomic E-state index is -0.609. The molecule has 1 heterocycles. The first kappa shape index (κ1) is 27.0. The molecule has 0 bridgehead atoms. The van der Waals surface area contributed by atoms with Crippen molar-refractivity contribution in [2.24, 2.45) is 11.8 Å². The molecule has 2 amide bonds. The van der Waals surface area contributed by atoms with E-state index < -0.39 is 17.7 Å². The molecule has 1 aliphatic heterocycles. The second-order valence-electron chi connectivity index (χ2n) is 10.9. The Morgan fingerprint density at radius 2 is 1.66 bits per heavy atom. The van der Waals surface area contributed by atoms with Crippen molar-refractivity contribution in [3.8, 4) is 5.75 Å². The molecule has 1 aromatic carbocycles. The summed E-state index contributed by atoms with van der Waals surface area (Å²) >= 11 is 0. The molecule has 1 N–H and O–H groups in total. The van der Waals surface area contributed by atoms with Gasteiger partial charge in [-0.1, -0.05) is 13.8 Å². The summed E-state index contributed by atoms with van der Waals surface area (Å²) in [4.78, 5) is 41.5. The van der Waals surface area contributed by atoms with Gasteiger partial charge in [0.25, 0.3) is 0 Å². The highest BCUT2D eigenvalue weighted by Gasteiger charge is 2.32. The van der Waals surface area contributed by atoms with Crippen LogP contribution in [0.25, 0.3) is 0 Å². The van der Waals surface area contributed by atoms with Gasteiger partial charge in [0.15, 0.2) is 5.78 Å². The van der Waals surface area contributed by atoms with Crippen LogP contribution in [0.2, 0.25) is 0 Å². The largest absolute Gasteiger partial charge is 0.494 e. The summed E-state index contributed by atoms with van der Waals surface area (Å²) in [6.45, 7) is 13.6. The van der Waals surface area contributed by atoms with Crippen molar-refractivity contribution in [2.75, 3.05) is 39.3 Å². The Morgan fingerprint density at radius 1 is 1.03 bits per heavy atom. The molecule has 8 nitrogen and oxygen atoms in total. The number of ether oxygens (including phenoxy) is 2. The van der Waals surface area contributed by atoms with Gasteiger partial charge < -0.3 is 19.7 Å².